The van der Waals surface area contributed by atoms with Crippen molar-refractivity contribution < 1.29 is 4.39 Å². The van der Waals surface area contributed by atoms with Crippen molar-refractivity contribution in [1.82, 2.24) is 4.98 Å². The lowest BCUT2D eigenvalue weighted by Crippen LogP contribution is -1.96. The van der Waals surface area contributed by atoms with Crippen LogP contribution in [0.3, 0.4) is 0 Å². The molecule has 0 amide bonds. The minimum Gasteiger partial charge on any atom is -0.399 e. The van der Waals surface area contributed by atoms with Crippen LogP contribution in [0.4, 0.5) is 21.5 Å². The molecule has 0 saturated carbocycles. The number of hydrogen-bond acceptors (Lipinski definition) is 3. The third-order valence-corrected chi connectivity index (χ3v) is 3.47. The highest BCUT2D eigenvalue weighted by Crippen LogP contribution is 2.31. The number of aryl methyl sites for hydroxylation is 1. The fourth-order valence-electron chi connectivity index (χ4n) is 2.22. The number of pyridine rings is 1. The van der Waals surface area contributed by atoms with Crippen LogP contribution in [-0.2, 0) is 0 Å². The molecule has 0 radical (unpaired) electrons. The molecule has 0 aliphatic rings. The Kier molecular flexibility index (Phi) is 3.39. The maximum absolute atomic E-state index is 13.1. The number of nitrogen functional groups attached to an aromatic ring is 1. The fourth-order valence-corrected chi connectivity index (χ4v) is 2.43. The first-order chi connectivity index (χ1) is 10.0. The van der Waals surface area contributed by atoms with Crippen molar-refractivity contribution in [2.75, 3.05) is 11.1 Å². The van der Waals surface area contributed by atoms with Gasteiger partial charge < -0.3 is 11.1 Å². The zero-order valence-corrected chi connectivity index (χ0v) is 12.1. The number of nitrogens with two attached hydrogens (primary N) is 1. The Morgan fingerprint density at radius 2 is 1.90 bits per heavy atom. The lowest BCUT2D eigenvalue weighted by Gasteiger charge is -2.12. The van der Waals surface area contributed by atoms with Crippen LogP contribution in [0, 0.1) is 12.7 Å². The number of nitrogens with one attached hydrogen (secondary N) is 1. The Bertz CT molecular complexity index is 833. The molecule has 3 aromatic rings. The summed E-state index contributed by atoms with van der Waals surface area (Å²) in [5.41, 5.74) is 9.67. The molecule has 0 atom stereocenters. The molecule has 3 nitrogen and oxygen atoms in total. The molecule has 1 heterocycles. The molecule has 21 heavy (non-hydrogen) atoms. The number of benzene rings is 2. The largest absolute Gasteiger partial charge is 0.399 e. The van der Waals surface area contributed by atoms with Gasteiger partial charge in [-0.15, -0.1) is 0 Å². The maximum Gasteiger partial charge on any atom is 0.124 e. The van der Waals surface area contributed by atoms with Crippen LogP contribution in [0.2, 0.25) is 5.02 Å². The van der Waals surface area contributed by atoms with Gasteiger partial charge in [0, 0.05) is 22.5 Å². The Balaban J connectivity index is 2.13. The van der Waals surface area contributed by atoms with E-state index in [4.69, 9.17) is 17.3 Å². The van der Waals surface area contributed by atoms with Crippen molar-refractivity contribution >= 4 is 39.6 Å². The molecule has 0 fully saturated rings. The van der Waals surface area contributed by atoms with Crippen LogP contribution in [0.25, 0.3) is 10.9 Å². The van der Waals surface area contributed by atoms with E-state index in [2.05, 4.69) is 10.3 Å². The highest BCUT2D eigenvalue weighted by atomic mass is 35.5. The average molecular weight is 302 g/mol. The van der Waals surface area contributed by atoms with E-state index >= 15 is 0 Å². The summed E-state index contributed by atoms with van der Waals surface area (Å²) in [6.45, 7) is 1.91. The van der Waals surface area contributed by atoms with Crippen LogP contribution in [0.15, 0.2) is 42.5 Å². The molecule has 106 valence electrons. The van der Waals surface area contributed by atoms with Crippen molar-refractivity contribution in [2.45, 2.75) is 6.92 Å². The Hall–Kier alpha value is -2.33. The fraction of sp³-hybridized carbons (Fsp3) is 0.0625. The number of fused-ring (bicyclic) bond motifs is 1. The topological polar surface area (TPSA) is 50.9 Å². The van der Waals surface area contributed by atoms with Gasteiger partial charge in [0.25, 0.3) is 0 Å². The summed E-state index contributed by atoms with van der Waals surface area (Å²) >= 11 is 6.06. The minimum absolute atomic E-state index is 0.321. The molecule has 3 N–H and O–H groups in total. The molecule has 5 heteroatoms. The summed E-state index contributed by atoms with van der Waals surface area (Å²) in [7, 11) is 0. The van der Waals surface area contributed by atoms with Crippen LogP contribution in [-0.4, -0.2) is 4.98 Å². The monoisotopic (exact) mass is 301 g/mol. The molecule has 3 rings (SSSR count). The summed E-state index contributed by atoms with van der Waals surface area (Å²) in [4.78, 5) is 4.47. The first-order valence-corrected chi connectivity index (χ1v) is 6.80. The maximum atomic E-state index is 13.1. The second-order valence-corrected chi connectivity index (χ2v) is 5.24. The third-order valence-electron chi connectivity index (χ3n) is 3.16. The molecule has 0 aliphatic heterocycles. The minimum atomic E-state index is -0.370. The van der Waals surface area contributed by atoms with Crippen molar-refractivity contribution in [3.8, 4) is 0 Å². The van der Waals surface area contributed by atoms with E-state index in [0.717, 1.165) is 22.3 Å². The molecule has 2 aromatic carbocycles. The zero-order chi connectivity index (χ0) is 15.0. The summed E-state index contributed by atoms with van der Waals surface area (Å²) in [6.07, 6.45) is 0. The van der Waals surface area contributed by atoms with Gasteiger partial charge in [-0.05, 0) is 49.4 Å². The molecule has 1 aromatic heterocycles. The average Bonchev–Trinajstić information content (AvgIpc) is 2.42. The zero-order valence-electron chi connectivity index (χ0n) is 11.3. The van der Waals surface area contributed by atoms with Crippen LogP contribution in [0.1, 0.15) is 5.69 Å². The van der Waals surface area contributed by atoms with E-state index in [9.17, 15) is 4.39 Å². The van der Waals surface area contributed by atoms with Crippen molar-refractivity contribution in [3.05, 3.63) is 59.0 Å². The molecular weight excluding hydrogens is 289 g/mol. The molecule has 0 unspecified atom stereocenters. The van der Waals surface area contributed by atoms with E-state index in [0.29, 0.717) is 16.4 Å². The number of rotatable bonds is 2. The van der Waals surface area contributed by atoms with Gasteiger partial charge >= 0.3 is 0 Å². The van der Waals surface area contributed by atoms with Gasteiger partial charge in [0.05, 0.1) is 16.2 Å². The van der Waals surface area contributed by atoms with Gasteiger partial charge in [-0.1, -0.05) is 11.6 Å². The van der Waals surface area contributed by atoms with Gasteiger partial charge in [-0.3, -0.25) is 4.98 Å². The summed E-state index contributed by atoms with van der Waals surface area (Å²) in [6, 6.07) is 11.7. The summed E-state index contributed by atoms with van der Waals surface area (Å²) in [5, 5.41) is 4.43. The van der Waals surface area contributed by atoms with Gasteiger partial charge in [0.1, 0.15) is 5.82 Å². The number of aromatic nitrogens is 1. The van der Waals surface area contributed by atoms with Gasteiger partial charge in [0.15, 0.2) is 0 Å². The van der Waals surface area contributed by atoms with E-state index in [1.807, 2.05) is 31.2 Å². The molecule has 0 saturated heterocycles. The predicted octanol–water partition coefficient (Wildman–Crippen LogP) is 4.66. The van der Waals surface area contributed by atoms with E-state index in [-0.39, 0.29) is 5.82 Å². The number of hydrogen-bond donors (Lipinski definition) is 2. The SMILES string of the molecule is Cc1cc(Nc2ccc(F)cc2Cl)c2cc(N)ccc2n1. The molecular formula is C16H13ClFN3. The van der Waals surface area contributed by atoms with Crippen molar-refractivity contribution in [2.24, 2.45) is 0 Å². The van der Waals surface area contributed by atoms with Crippen LogP contribution in [0.5, 0.6) is 0 Å². The summed E-state index contributed by atoms with van der Waals surface area (Å²) < 4.78 is 13.1. The highest BCUT2D eigenvalue weighted by molar-refractivity contribution is 6.33. The second kappa shape index (κ2) is 5.22. The lowest BCUT2D eigenvalue weighted by molar-refractivity contribution is 0.628. The molecule has 0 bridgehead atoms. The highest BCUT2D eigenvalue weighted by Gasteiger charge is 2.08. The number of nitrogens with zero attached hydrogens (tertiary/aromatic N) is 1. The number of anilines is 3. The Morgan fingerprint density at radius 1 is 1.10 bits per heavy atom. The van der Waals surface area contributed by atoms with Crippen molar-refractivity contribution in [3.63, 3.8) is 0 Å². The van der Waals surface area contributed by atoms with E-state index in [1.54, 1.807) is 6.07 Å². The van der Waals surface area contributed by atoms with E-state index in [1.165, 1.54) is 12.1 Å². The second-order valence-electron chi connectivity index (χ2n) is 4.84. The Labute approximate surface area is 126 Å². The normalized spacial score (nSPS) is 10.8. The standard InChI is InChI=1S/C16H13ClFN3/c1-9-6-16(12-8-11(19)3-5-14(12)20-9)21-15-4-2-10(18)7-13(15)17/h2-8H,19H2,1H3,(H,20,21). The van der Waals surface area contributed by atoms with Crippen LogP contribution < -0.4 is 11.1 Å². The third kappa shape index (κ3) is 2.76. The first-order valence-electron chi connectivity index (χ1n) is 6.42. The first kappa shape index (κ1) is 13.6. The van der Waals surface area contributed by atoms with Crippen LogP contribution >= 0.6 is 11.6 Å². The smallest absolute Gasteiger partial charge is 0.124 e. The van der Waals surface area contributed by atoms with Crippen molar-refractivity contribution in [1.29, 1.82) is 0 Å². The van der Waals surface area contributed by atoms with Gasteiger partial charge in [-0.2, -0.15) is 0 Å². The van der Waals surface area contributed by atoms with E-state index < -0.39 is 0 Å². The predicted molar refractivity (Wildman–Crippen MR) is 85.6 cm³/mol. The van der Waals surface area contributed by atoms with Gasteiger partial charge in [0.2, 0.25) is 0 Å². The quantitative estimate of drug-likeness (QED) is 0.677. The number of halogens is 2. The summed E-state index contributed by atoms with van der Waals surface area (Å²) in [5.74, 6) is -0.370. The molecule has 0 aliphatic carbocycles. The van der Waals surface area contributed by atoms with Gasteiger partial charge in [-0.25, -0.2) is 4.39 Å². The lowest BCUT2D eigenvalue weighted by atomic mass is 10.1. The Morgan fingerprint density at radius 3 is 2.67 bits per heavy atom. The molecule has 0 spiro atoms.